The maximum atomic E-state index is 11.4. The van der Waals surface area contributed by atoms with E-state index in [4.69, 9.17) is 9.84 Å². The van der Waals surface area contributed by atoms with Crippen molar-refractivity contribution in [3.63, 3.8) is 0 Å². The Hall–Kier alpha value is -1.10. The van der Waals surface area contributed by atoms with Crippen LogP contribution in [0, 0.1) is 0 Å². The first-order valence-corrected chi connectivity index (χ1v) is 4.69. The molecule has 0 radical (unpaired) electrons. The van der Waals surface area contributed by atoms with E-state index in [0.717, 1.165) is 6.42 Å². The molecule has 2 unspecified atom stereocenters. The molecule has 3 atom stereocenters. The molecular weight excluding hydrogens is 186 g/mol. The summed E-state index contributed by atoms with van der Waals surface area (Å²) < 4.78 is 5.30. The van der Waals surface area contributed by atoms with E-state index in [0.29, 0.717) is 6.42 Å². The molecule has 5 heteroatoms. The summed E-state index contributed by atoms with van der Waals surface area (Å²) in [6.07, 6.45) is 1.12. The Kier molecular flexibility index (Phi) is 3.46. The predicted octanol–water partition coefficient (Wildman–Crippen LogP) is 0.143. The molecule has 5 nitrogen and oxygen atoms in total. The summed E-state index contributed by atoms with van der Waals surface area (Å²) in [5.41, 5.74) is 0. The normalized spacial score (nSPS) is 28.4. The minimum Gasteiger partial charge on any atom is -0.480 e. The van der Waals surface area contributed by atoms with Crippen molar-refractivity contribution in [2.75, 3.05) is 0 Å². The largest absolute Gasteiger partial charge is 0.480 e. The summed E-state index contributed by atoms with van der Waals surface area (Å²) in [4.78, 5) is 21.9. The lowest BCUT2D eigenvalue weighted by Crippen LogP contribution is -2.43. The first-order chi connectivity index (χ1) is 6.50. The lowest BCUT2D eigenvalue weighted by molar-refractivity contribution is -0.143. The van der Waals surface area contributed by atoms with E-state index < -0.39 is 18.1 Å². The van der Waals surface area contributed by atoms with Crippen molar-refractivity contribution < 1.29 is 19.4 Å². The van der Waals surface area contributed by atoms with Crippen molar-refractivity contribution in [2.24, 2.45) is 0 Å². The van der Waals surface area contributed by atoms with Crippen LogP contribution in [0.25, 0.3) is 0 Å². The van der Waals surface area contributed by atoms with Crippen molar-refractivity contribution in [1.29, 1.82) is 0 Å². The summed E-state index contributed by atoms with van der Waals surface area (Å²) in [5, 5.41) is 10.9. The summed E-state index contributed by atoms with van der Waals surface area (Å²) in [5.74, 6) is -1.37. The molecule has 80 valence electrons. The summed E-state index contributed by atoms with van der Waals surface area (Å²) in [6, 6.07) is -0.859. The third kappa shape index (κ3) is 2.70. The third-order valence-corrected chi connectivity index (χ3v) is 2.25. The van der Waals surface area contributed by atoms with E-state index in [2.05, 4.69) is 5.32 Å². The fraction of sp³-hybridized carbons (Fsp3) is 0.778. The number of carbonyl (C=O) groups excluding carboxylic acids is 1. The van der Waals surface area contributed by atoms with Crippen molar-refractivity contribution in [3.05, 3.63) is 0 Å². The molecule has 1 heterocycles. The molecule has 0 saturated carbocycles. The average molecular weight is 201 g/mol. The van der Waals surface area contributed by atoms with Gasteiger partial charge in [0.1, 0.15) is 12.1 Å². The van der Waals surface area contributed by atoms with Gasteiger partial charge in [0.15, 0.2) is 0 Å². The highest BCUT2D eigenvalue weighted by Gasteiger charge is 2.29. The van der Waals surface area contributed by atoms with Gasteiger partial charge >= 0.3 is 5.97 Å². The molecule has 1 aliphatic heterocycles. The maximum absolute atomic E-state index is 11.4. The van der Waals surface area contributed by atoms with Gasteiger partial charge in [0.25, 0.3) is 0 Å². The zero-order valence-electron chi connectivity index (χ0n) is 8.32. The van der Waals surface area contributed by atoms with E-state index in [1.165, 1.54) is 6.92 Å². The first kappa shape index (κ1) is 11.0. The van der Waals surface area contributed by atoms with Crippen LogP contribution in [0.5, 0.6) is 0 Å². The number of hydrogen-bond acceptors (Lipinski definition) is 3. The lowest BCUT2D eigenvalue weighted by Gasteiger charge is -2.14. The fourth-order valence-corrected chi connectivity index (χ4v) is 1.36. The fourth-order valence-electron chi connectivity index (χ4n) is 1.36. The summed E-state index contributed by atoms with van der Waals surface area (Å²) in [6.45, 7) is 3.33. The highest BCUT2D eigenvalue weighted by molar-refractivity contribution is 5.86. The van der Waals surface area contributed by atoms with Crippen LogP contribution in [0.1, 0.15) is 26.7 Å². The number of ether oxygens (including phenoxy) is 1. The van der Waals surface area contributed by atoms with Crippen molar-refractivity contribution in [3.8, 4) is 0 Å². The van der Waals surface area contributed by atoms with Gasteiger partial charge in [-0.05, 0) is 26.7 Å². The summed E-state index contributed by atoms with van der Waals surface area (Å²) >= 11 is 0. The Balaban J connectivity index is 2.39. The van der Waals surface area contributed by atoms with E-state index in [1.54, 1.807) is 0 Å². The van der Waals surface area contributed by atoms with Gasteiger partial charge in [0.2, 0.25) is 5.91 Å². The van der Waals surface area contributed by atoms with Crippen LogP contribution in [0.15, 0.2) is 0 Å². The third-order valence-electron chi connectivity index (χ3n) is 2.25. The predicted molar refractivity (Wildman–Crippen MR) is 48.8 cm³/mol. The van der Waals surface area contributed by atoms with Gasteiger partial charge in [0, 0.05) is 0 Å². The number of carboxylic acid groups (broad SMARTS) is 1. The molecule has 0 aromatic heterocycles. The van der Waals surface area contributed by atoms with Crippen LogP contribution in [-0.4, -0.2) is 35.2 Å². The number of aliphatic carboxylic acids is 1. The molecule has 0 aromatic rings. The van der Waals surface area contributed by atoms with E-state index in [9.17, 15) is 9.59 Å². The molecule has 2 N–H and O–H groups in total. The molecule has 0 spiro atoms. The lowest BCUT2D eigenvalue weighted by atomic mass is 10.2. The number of nitrogens with one attached hydrogen (secondary N) is 1. The Labute approximate surface area is 82.4 Å². The maximum Gasteiger partial charge on any atom is 0.325 e. The highest BCUT2D eigenvalue weighted by atomic mass is 16.5. The second-order valence-corrected chi connectivity index (χ2v) is 3.58. The first-order valence-electron chi connectivity index (χ1n) is 4.69. The van der Waals surface area contributed by atoms with Crippen molar-refractivity contribution >= 4 is 11.9 Å². The van der Waals surface area contributed by atoms with Crippen LogP contribution in [0.2, 0.25) is 0 Å². The van der Waals surface area contributed by atoms with Gasteiger partial charge < -0.3 is 15.2 Å². The average Bonchev–Trinajstić information content (AvgIpc) is 2.51. The molecule has 1 rings (SSSR count). The Morgan fingerprint density at radius 3 is 2.57 bits per heavy atom. The second kappa shape index (κ2) is 4.41. The molecule has 1 aliphatic rings. The molecule has 14 heavy (non-hydrogen) atoms. The number of amides is 1. The van der Waals surface area contributed by atoms with Crippen LogP contribution in [0.3, 0.4) is 0 Å². The Bertz CT molecular complexity index is 241. The van der Waals surface area contributed by atoms with Gasteiger partial charge in [-0.1, -0.05) is 0 Å². The van der Waals surface area contributed by atoms with Gasteiger partial charge in [-0.3, -0.25) is 9.59 Å². The minimum atomic E-state index is -1.04. The molecule has 1 saturated heterocycles. The zero-order chi connectivity index (χ0) is 10.7. The van der Waals surface area contributed by atoms with E-state index in [-0.39, 0.29) is 12.0 Å². The SMILES string of the molecule is CC1CCC(C(=O)N[C@H](C)C(=O)O)O1. The quantitative estimate of drug-likeness (QED) is 0.681. The van der Waals surface area contributed by atoms with Gasteiger partial charge in [-0.15, -0.1) is 0 Å². The van der Waals surface area contributed by atoms with Crippen LogP contribution >= 0.6 is 0 Å². The molecule has 1 fully saturated rings. The van der Waals surface area contributed by atoms with Gasteiger partial charge in [-0.2, -0.15) is 0 Å². The molecule has 0 bridgehead atoms. The van der Waals surface area contributed by atoms with Gasteiger partial charge in [-0.25, -0.2) is 0 Å². The second-order valence-electron chi connectivity index (χ2n) is 3.58. The number of carboxylic acids is 1. The zero-order valence-corrected chi connectivity index (χ0v) is 8.32. The smallest absolute Gasteiger partial charge is 0.325 e. The van der Waals surface area contributed by atoms with Gasteiger partial charge in [0.05, 0.1) is 6.10 Å². The monoisotopic (exact) mass is 201 g/mol. The van der Waals surface area contributed by atoms with Crippen LogP contribution in [-0.2, 0) is 14.3 Å². The van der Waals surface area contributed by atoms with Crippen molar-refractivity contribution in [1.82, 2.24) is 5.32 Å². The standard InChI is InChI=1S/C9H15NO4/c1-5-3-4-7(14-5)8(11)10-6(2)9(12)13/h5-7H,3-4H2,1-2H3,(H,10,11)(H,12,13)/t5?,6-,7?/m1/s1. The number of hydrogen-bond donors (Lipinski definition) is 2. The number of carbonyl (C=O) groups is 2. The molecule has 1 amide bonds. The molecule has 0 aliphatic carbocycles. The Morgan fingerprint density at radius 1 is 1.50 bits per heavy atom. The highest BCUT2D eigenvalue weighted by Crippen LogP contribution is 2.18. The van der Waals surface area contributed by atoms with E-state index in [1.807, 2.05) is 6.92 Å². The molecule has 0 aromatic carbocycles. The van der Waals surface area contributed by atoms with Crippen LogP contribution < -0.4 is 5.32 Å². The minimum absolute atomic E-state index is 0.0888. The topological polar surface area (TPSA) is 75.6 Å². The van der Waals surface area contributed by atoms with Crippen molar-refractivity contribution in [2.45, 2.75) is 44.9 Å². The van der Waals surface area contributed by atoms with E-state index >= 15 is 0 Å². The Morgan fingerprint density at radius 2 is 2.14 bits per heavy atom. The number of rotatable bonds is 3. The summed E-state index contributed by atoms with van der Waals surface area (Å²) in [7, 11) is 0. The van der Waals surface area contributed by atoms with Crippen LogP contribution in [0.4, 0.5) is 0 Å². The molecular formula is C9H15NO4.